The van der Waals surface area contributed by atoms with Crippen LogP contribution in [0.25, 0.3) is 0 Å². The van der Waals surface area contributed by atoms with Crippen LogP contribution in [-0.4, -0.2) is 29.4 Å². The van der Waals surface area contributed by atoms with Crippen LogP contribution >= 0.6 is 0 Å². The van der Waals surface area contributed by atoms with Gasteiger partial charge in [0.25, 0.3) is 0 Å². The highest BCUT2D eigenvalue weighted by molar-refractivity contribution is 5.77. The Morgan fingerprint density at radius 1 is 1.27 bits per heavy atom. The first-order chi connectivity index (χ1) is 10.8. The summed E-state index contributed by atoms with van der Waals surface area (Å²) in [6.45, 7) is 1.40. The summed E-state index contributed by atoms with van der Waals surface area (Å²) in [5.74, 6) is 1.48. The summed E-state index contributed by atoms with van der Waals surface area (Å²) in [6, 6.07) is 12.1. The maximum absolute atomic E-state index is 12.2. The highest BCUT2D eigenvalue weighted by atomic mass is 16.5. The minimum Gasteiger partial charge on any atom is -0.497 e. The summed E-state index contributed by atoms with van der Waals surface area (Å²) < 4.78 is 5.20. The van der Waals surface area contributed by atoms with Crippen molar-refractivity contribution in [1.29, 1.82) is 0 Å². The average molecular weight is 296 g/mol. The third-order valence-electron chi connectivity index (χ3n) is 4.18. The smallest absolute Gasteiger partial charge is 0.222 e. The molecule has 1 aromatic carbocycles. The fourth-order valence-electron chi connectivity index (χ4n) is 2.93. The Hall–Kier alpha value is -2.36. The Morgan fingerprint density at radius 2 is 2.09 bits per heavy atom. The van der Waals surface area contributed by atoms with E-state index in [9.17, 15) is 4.79 Å². The summed E-state index contributed by atoms with van der Waals surface area (Å²) in [7, 11) is 1.67. The Kier molecular flexibility index (Phi) is 4.37. The van der Waals surface area contributed by atoms with Gasteiger partial charge in [-0.05, 0) is 35.7 Å². The Labute approximate surface area is 130 Å². The van der Waals surface area contributed by atoms with Crippen LogP contribution < -0.4 is 4.74 Å². The van der Waals surface area contributed by atoms with Crippen molar-refractivity contribution in [3.8, 4) is 5.75 Å². The standard InChI is InChI=1S/C18H20N2O2/c1-22-17-7-4-15(5-8-17)16-6-9-18(21)20(13-16)12-14-3-2-10-19-11-14/h2-5,7-8,10-11,16H,6,9,12-13H2,1H3/t16-/m0/s1. The van der Waals surface area contributed by atoms with Crippen LogP contribution in [0, 0.1) is 0 Å². The normalized spacial score (nSPS) is 18.3. The van der Waals surface area contributed by atoms with Crippen molar-refractivity contribution in [2.24, 2.45) is 0 Å². The number of rotatable bonds is 4. The van der Waals surface area contributed by atoms with Gasteiger partial charge in [-0.25, -0.2) is 0 Å². The molecule has 1 aliphatic rings. The zero-order chi connectivity index (χ0) is 15.4. The van der Waals surface area contributed by atoms with Gasteiger partial charge in [0.15, 0.2) is 0 Å². The predicted octanol–water partition coefficient (Wildman–Crippen LogP) is 3.00. The lowest BCUT2D eigenvalue weighted by Gasteiger charge is -2.33. The number of carbonyl (C=O) groups is 1. The molecule has 0 spiro atoms. The molecule has 22 heavy (non-hydrogen) atoms. The molecule has 0 radical (unpaired) electrons. The van der Waals surface area contributed by atoms with E-state index in [0.29, 0.717) is 18.9 Å². The fourth-order valence-corrected chi connectivity index (χ4v) is 2.93. The van der Waals surface area contributed by atoms with Gasteiger partial charge in [0.1, 0.15) is 5.75 Å². The first-order valence-electron chi connectivity index (χ1n) is 7.57. The van der Waals surface area contributed by atoms with E-state index >= 15 is 0 Å². The number of aromatic nitrogens is 1. The van der Waals surface area contributed by atoms with Gasteiger partial charge in [-0.15, -0.1) is 0 Å². The van der Waals surface area contributed by atoms with Crippen LogP contribution in [0.1, 0.15) is 29.9 Å². The summed E-state index contributed by atoms with van der Waals surface area (Å²) in [4.78, 5) is 18.2. The van der Waals surface area contributed by atoms with Crippen molar-refractivity contribution in [2.75, 3.05) is 13.7 Å². The Bertz CT molecular complexity index is 625. The van der Waals surface area contributed by atoms with Crippen LogP contribution in [-0.2, 0) is 11.3 Å². The van der Waals surface area contributed by atoms with Crippen LogP contribution in [0.5, 0.6) is 5.75 Å². The van der Waals surface area contributed by atoms with Gasteiger partial charge in [0.05, 0.1) is 7.11 Å². The second kappa shape index (κ2) is 6.60. The number of nitrogens with zero attached hydrogens (tertiary/aromatic N) is 2. The Balaban J connectivity index is 1.71. The minimum absolute atomic E-state index is 0.230. The van der Waals surface area contributed by atoms with Crippen molar-refractivity contribution >= 4 is 5.91 Å². The number of ether oxygens (including phenoxy) is 1. The average Bonchev–Trinajstić information content (AvgIpc) is 2.58. The van der Waals surface area contributed by atoms with Crippen LogP contribution in [0.2, 0.25) is 0 Å². The van der Waals surface area contributed by atoms with Crippen molar-refractivity contribution < 1.29 is 9.53 Å². The number of benzene rings is 1. The van der Waals surface area contributed by atoms with Gasteiger partial charge in [-0.3, -0.25) is 9.78 Å². The lowest BCUT2D eigenvalue weighted by Crippen LogP contribution is -2.38. The third-order valence-corrected chi connectivity index (χ3v) is 4.18. The van der Waals surface area contributed by atoms with E-state index < -0.39 is 0 Å². The molecule has 1 fully saturated rings. The molecular formula is C18H20N2O2. The molecule has 3 rings (SSSR count). The molecule has 0 N–H and O–H groups in total. The summed E-state index contributed by atoms with van der Waals surface area (Å²) in [5, 5.41) is 0. The molecule has 0 saturated carbocycles. The number of amides is 1. The minimum atomic E-state index is 0.230. The molecule has 1 atom stereocenters. The van der Waals surface area contributed by atoms with Crippen LogP contribution in [0.15, 0.2) is 48.8 Å². The van der Waals surface area contributed by atoms with Crippen molar-refractivity contribution in [3.63, 3.8) is 0 Å². The molecule has 1 aromatic heterocycles. The van der Waals surface area contributed by atoms with E-state index in [-0.39, 0.29) is 5.91 Å². The monoisotopic (exact) mass is 296 g/mol. The molecular weight excluding hydrogens is 276 g/mol. The summed E-state index contributed by atoms with van der Waals surface area (Å²) >= 11 is 0. The lowest BCUT2D eigenvalue weighted by molar-refractivity contribution is -0.134. The van der Waals surface area contributed by atoms with Gasteiger partial charge in [0.2, 0.25) is 5.91 Å². The van der Waals surface area contributed by atoms with Gasteiger partial charge in [-0.1, -0.05) is 18.2 Å². The number of hydrogen-bond acceptors (Lipinski definition) is 3. The van der Waals surface area contributed by atoms with E-state index in [4.69, 9.17) is 4.74 Å². The molecule has 114 valence electrons. The highest BCUT2D eigenvalue weighted by Crippen LogP contribution is 2.29. The molecule has 0 aliphatic carbocycles. The molecule has 2 heterocycles. The van der Waals surface area contributed by atoms with E-state index in [1.165, 1.54) is 5.56 Å². The van der Waals surface area contributed by atoms with E-state index in [1.807, 2.05) is 35.4 Å². The maximum atomic E-state index is 12.2. The predicted molar refractivity (Wildman–Crippen MR) is 84.6 cm³/mol. The topological polar surface area (TPSA) is 42.4 Å². The number of pyridine rings is 1. The van der Waals surface area contributed by atoms with Crippen molar-refractivity contribution in [2.45, 2.75) is 25.3 Å². The number of likely N-dealkylation sites (tertiary alicyclic amines) is 1. The SMILES string of the molecule is COc1ccc([C@H]2CCC(=O)N(Cc3cccnc3)C2)cc1. The number of carbonyl (C=O) groups excluding carboxylic acids is 1. The van der Waals surface area contributed by atoms with Crippen molar-refractivity contribution in [1.82, 2.24) is 9.88 Å². The molecule has 4 nitrogen and oxygen atoms in total. The first kappa shape index (κ1) is 14.6. The zero-order valence-corrected chi connectivity index (χ0v) is 12.7. The number of methoxy groups -OCH3 is 1. The van der Waals surface area contributed by atoms with Gasteiger partial charge >= 0.3 is 0 Å². The second-order valence-corrected chi connectivity index (χ2v) is 5.64. The Morgan fingerprint density at radius 3 is 2.77 bits per heavy atom. The fraction of sp³-hybridized carbons (Fsp3) is 0.333. The molecule has 1 amide bonds. The number of piperidine rings is 1. The summed E-state index contributed by atoms with van der Waals surface area (Å²) in [6.07, 6.45) is 5.09. The van der Waals surface area contributed by atoms with Gasteiger partial charge < -0.3 is 9.64 Å². The van der Waals surface area contributed by atoms with E-state index in [2.05, 4.69) is 17.1 Å². The van der Waals surface area contributed by atoms with Crippen molar-refractivity contribution in [3.05, 3.63) is 59.9 Å². The van der Waals surface area contributed by atoms with Gasteiger partial charge in [0, 0.05) is 37.8 Å². The van der Waals surface area contributed by atoms with E-state index in [0.717, 1.165) is 24.3 Å². The maximum Gasteiger partial charge on any atom is 0.222 e. The molecule has 1 saturated heterocycles. The lowest BCUT2D eigenvalue weighted by atomic mass is 9.90. The third kappa shape index (κ3) is 3.27. The van der Waals surface area contributed by atoms with Crippen LogP contribution in [0.4, 0.5) is 0 Å². The molecule has 4 heteroatoms. The van der Waals surface area contributed by atoms with E-state index in [1.54, 1.807) is 13.3 Å². The molecule has 1 aliphatic heterocycles. The highest BCUT2D eigenvalue weighted by Gasteiger charge is 2.26. The molecule has 2 aromatic rings. The van der Waals surface area contributed by atoms with Crippen LogP contribution in [0.3, 0.4) is 0 Å². The number of hydrogen-bond donors (Lipinski definition) is 0. The largest absolute Gasteiger partial charge is 0.497 e. The quantitative estimate of drug-likeness (QED) is 0.871. The molecule has 0 unspecified atom stereocenters. The zero-order valence-electron chi connectivity index (χ0n) is 12.7. The van der Waals surface area contributed by atoms with Gasteiger partial charge in [-0.2, -0.15) is 0 Å². The molecule has 0 bridgehead atoms. The summed E-state index contributed by atoms with van der Waals surface area (Å²) in [5.41, 5.74) is 2.34. The first-order valence-corrected chi connectivity index (χ1v) is 7.57. The second-order valence-electron chi connectivity index (χ2n) is 5.64.